The zero-order chi connectivity index (χ0) is 34.9. The number of thiocyanates is 2. The molecule has 250 valence electrons. The third-order valence-corrected chi connectivity index (χ3v) is 23.3. The fourth-order valence-electron chi connectivity index (χ4n) is 5.24. The van der Waals surface area contributed by atoms with Gasteiger partial charge in [-0.15, -0.1) is 0 Å². The maximum absolute atomic E-state index is 7.13. The molecule has 0 atom stereocenters. The molecule has 0 bridgehead atoms. The number of hydrogen-bond acceptors (Lipinski definition) is 8. The monoisotopic (exact) mass is 780 g/mol. The van der Waals surface area contributed by atoms with Gasteiger partial charge in [-0.3, -0.25) is 19.9 Å². The summed E-state index contributed by atoms with van der Waals surface area (Å²) in [5.74, 6) is 0. The molecule has 6 nitrogen and oxygen atoms in total. The predicted molar refractivity (Wildman–Crippen MR) is 204 cm³/mol. The molecule has 13 heteroatoms. The molecule has 0 N–H and O–H groups in total. The van der Waals surface area contributed by atoms with Gasteiger partial charge in [0, 0.05) is 24.8 Å². The third kappa shape index (κ3) is 12.5. The molecule has 4 aromatic rings. The number of rotatable bonds is 8. The minimum Gasteiger partial charge on any atom is -0.696 e. The van der Waals surface area contributed by atoms with E-state index in [9.17, 15) is 0 Å². The van der Waals surface area contributed by atoms with E-state index in [1.165, 1.54) is 21.2 Å². The molecule has 0 unspecified atom stereocenters. The van der Waals surface area contributed by atoms with Crippen LogP contribution in [0, 0.1) is 21.3 Å². The van der Waals surface area contributed by atoms with E-state index in [-0.39, 0.29) is 17.1 Å². The topological polar surface area (TPSA) is 99.1 Å². The Morgan fingerprint density at radius 1 is 0.532 bits per heavy atom. The molecule has 0 spiro atoms. The number of hydrogen-bond donors (Lipinski definition) is 0. The van der Waals surface area contributed by atoms with E-state index in [4.69, 9.17) is 32.7 Å². The normalized spacial score (nSPS) is 10.6. The Bertz CT molecular complexity index is 1390. The molecule has 0 fully saturated rings. The summed E-state index contributed by atoms with van der Waals surface area (Å²) in [6.45, 7) is 17.7. The van der Waals surface area contributed by atoms with E-state index in [2.05, 4.69) is 113 Å². The first-order valence-electron chi connectivity index (χ1n) is 14.9. The summed E-state index contributed by atoms with van der Waals surface area (Å²) in [4.78, 5) is 17.8. The third-order valence-electron chi connectivity index (χ3n) is 7.63. The van der Waals surface area contributed by atoms with Crippen LogP contribution in [0.25, 0.3) is 22.8 Å². The first-order chi connectivity index (χ1) is 21.7. The van der Waals surface area contributed by atoms with Crippen LogP contribution in [-0.2, 0) is 42.3 Å². The van der Waals surface area contributed by atoms with Gasteiger partial charge in [0.05, 0.1) is 22.8 Å². The Kier molecular flexibility index (Phi) is 21.1. The fraction of sp³-hybridized carbons (Fsp3) is 0.353. The SMILES string of the molecule is CC(C)[Si](Cl)(c1ccc(-c2ccccn2)nc1)C(C)C.CC(C)[Si](Cl)(c1ccc(-c2ccccn2)nc1)C(C)C.N#C[S-].N#C[S-].[Fe+2]. The Hall–Kier alpha value is -2.45. The number of nitrogens with zero attached hydrogens (tertiary/aromatic N) is 6. The molecule has 47 heavy (non-hydrogen) atoms. The van der Waals surface area contributed by atoms with E-state index in [0.717, 1.165) is 22.8 Å². The Balaban J connectivity index is 0.000000757. The summed E-state index contributed by atoms with van der Waals surface area (Å²) >= 11 is 21.4. The van der Waals surface area contributed by atoms with E-state index < -0.39 is 14.8 Å². The van der Waals surface area contributed by atoms with Crippen molar-refractivity contribution in [2.45, 2.75) is 77.6 Å². The van der Waals surface area contributed by atoms with Gasteiger partial charge in [-0.2, -0.15) is 22.2 Å². The van der Waals surface area contributed by atoms with Gasteiger partial charge in [-0.25, -0.2) is 10.5 Å². The second kappa shape index (κ2) is 22.2. The van der Waals surface area contributed by atoms with Crippen LogP contribution in [0.1, 0.15) is 55.4 Å². The van der Waals surface area contributed by atoms with E-state index in [0.29, 0.717) is 22.2 Å². The molecule has 0 amide bonds. The van der Waals surface area contributed by atoms with Gasteiger partial charge >= 0.3 is 17.1 Å². The van der Waals surface area contributed by atoms with Crippen LogP contribution in [0.5, 0.6) is 0 Å². The van der Waals surface area contributed by atoms with Gasteiger partial charge < -0.3 is 25.3 Å². The summed E-state index contributed by atoms with van der Waals surface area (Å²) in [6.07, 6.45) is 7.47. The number of pyridine rings is 4. The molecule has 0 saturated heterocycles. The summed E-state index contributed by atoms with van der Waals surface area (Å²) < 4.78 is 0. The molecule has 0 radical (unpaired) electrons. The second-order valence-electron chi connectivity index (χ2n) is 11.6. The molecule has 4 aromatic heterocycles. The van der Waals surface area contributed by atoms with Crippen molar-refractivity contribution >= 4 is 72.6 Å². The van der Waals surface area contributed by atoms with Gasteiger partial charge in [-0.1, -0.05) is 90.5 Å². The minimum atomic E-state index is -2.01. The van der Waals surface area contributed by atoms with E-state index in [1.54, 1.807) is 12.4 Å². The van der Waals surface area contributed by atoms with Crippen molar-refractivity contribution in [1.82, 2.24) is 19.9 Å². The minimum absolute atomic E-state index is 0. The molecule has 4 heterocycles. The molecule has 0 saturated carbocycles. The van der Waals surface area contributed by atoms with Crippen LogP contribution in [0.4, 0.5) is 0 Å². The van der Waals surface area contributed by atoms with Crippen molar-refractivity contribution in [2.24, 2.45) is 0 Å². The first-order valence-corrected chi connectivity index (χ1v) is 22.1. The second-order valence-corrected chi connectivity index (χ2v) is 24.6. The quantitative estimate of drug-likeness (QED) is 0.0758. The summed E-state index contributed by atoms with van der Waals surface area (Å²) in [5.41, 5.74) is 5.51. The molecule has 0 aliphatic carbocycles. The van der Waals surface area contributed by atoms with Crippen molar-refractivity contribution in [3.05, 3.63) is 85.5 Å². The van der Waals surface area contributed by atoms with Gasteiger partial charge in [0.2, 0.25) is 0 Å². The van der Waals surface area contributed by atoms with E-state index >= 15 is 0 Å². The molecule has 0 aliphatic heterocycles. The maximum Gasteiger partial charge on any atom is 2.00 e. The van der Waals surface area contributed by atoms with Crippen LogP contribution in [-0.4, -0.2) is 34.7 Å². The number of nitriles is 2. The van der Waals surface area contributed by atoms with Gasteiger partial charge in [0.1, 0.15) is 0 Å². The molecule has 0 aromatic carbocycles. The summed E-state index contributed by atoms with van der Waals surface area (Å²) in [7, 11) is -4.03. The molecular formula is C34H42Cl2FeN6S2Si2. The zero-order valence-electron chi connectivity index (χ0n) is 28.0. The molecular weight excluding hydrogens is 739 g/mol. The van der Waals surface area contributed by atoms with Crippen molar-refractivity contribution in [3.8, 4) is 33.6 Å². The standard InChI is InChI=1S/2C16H21ClN2Si.2CHNS.Fe/c2*1-12(2)20(17,13(3)4)14-8-9-16(19-11-14)15-7-5-6-10-18-15;2*2-1-3;/h2*5-13H,1-4H3;2*3H;/q;;;;+2/p-2. The van der Waals surface area contributed by atoms with E-state index in [1.807, 2.05) is 60.9 Å². The van der Waals surface area contributed by atoms with Crippen molar-refractivity contribution in [2.75, 3.05) is 0 Å². The average molecular weight is 782 g/mol. The maximum atomic E-state index is 7.13. The van der Waals surface area contributed by atoms with Crippen molar-refractivity contribution in [3.63, 3.8) is 0 Å². The van der Waals surface area contributed by atoms with Crippen LogP contribution >= 0.6 is 22.2 Å². The average Bonchev–Trinajstić information content (AvgIpc) is 3.05. The van der Waals surface area contributed by atoms with Crippen LogP contribution in [0.3, 0.4) is 0 Å². The van der Waals surface area contributed by atoms with Gasteiger partial charge in [-0.05, 0) is 68.9 Å². The van der Waals surface area contributed by atoms with Crippen LogP contribution in [0.2, 0.25) is 22.2 Å². The Morgan fingerprint density at radius 3 is 1.00 bits per heavy atom. The van der Waals surface area contributed by atoms with Crippen LogP contribution < -0.4 is 10.4 Å². The predicted octanol–water partition coefficient (Wildman–Crippen LogP) is 8.74. The summed E-state index contributed by atoms with van der Waals surface area (Å²) in [6, 6.07) is 20.0. The smallest absolute Gasteiger partial charge is 0.696 e. The van der Waals surface area contributed by atoms with Gasteiger partial charge in [0.15, 0.2) is 14.8 Å². The zero-order valence-corrected chi connectivity index (χ0v) is 34.3. The number of halogens is 2. The van der Waals surface area contributed by atoms with Crippen LogP contribution in [0.15, 0.2) is 85.5 Å². The van der Waals surface area contributed by atoms with Crippen molar-refractivity contribution in [1.29, 1.82) is 10.5 Å². The fourth-order valence-corrected chi connectivity index (χ4v) is 12.4. The first kappa shape index (κ1) is 44.6. The largest absolute Gasteiger partial charge is 2.00 e. The van der Waals surface area contributed by atoms with Crippen molar-refractivity contribution < 1.29 is 17.1 Å². The Labute approximate surface area is 314 Å². The number of aromatic nitrogens is 4. The molecule has 0 aliphatic rings. The van der Waals surface area contributed by atoms with Gasteiger partial charge in [0.25, 0.3) is 0 Å². The molecule has 4 rings (SSSR count). The Morgan fingerprint density at radius 2 is 0.809 bits per heavy atom. The summed E-state index contributed by atoms with van der Waals surface area (Å²) in [5, 5.41) is 19.4.